The summed E-state index contributed by atoms with van der Waals surface area (Å²) in [5.41, 5.74) is -0.250. The van der Waals surface area contributed by atoms with E-state index in [-0.39, 0.29) is 17.5 Å². The highest BCUT2D eigenvalue weighted by molar-refractivity contribution is 5.80. The zero-order chi connectivity index (χ0) is 14.4. The number of ether oxygens (including phenoxy) is 1. The third-order valence-electron chi connectivity index (χ3n) is 4.96. The summed E-state index contributed by atoms with van der Waals surface area (Å²) < 4.78 is 5.91. The molecule has 1 fully saturated rings. The lowest BCUT2D eigenvalue weighted by Gasteiger charge is -2.26. The number of hydrogen-bond donors (Lipinski definition) is 0. The molecule has 2 heteroatoms. The Kier molecular flexibility index (Phi) is 5.68. The van der Waals surface area contributed by atoms with Gasteiger partial charge in [-0.15, -0.1) is 0 Å². The van der Waals surface area contributed by atoms with Gasteiger partial charge in [-0.3, -0.25) is 4.79 Å². The molecule has 0 radical (unpaired) electrons. The first-order valence-electron chi connectivity index (χ1n) is 8.60. The number of carbonyl (C=O) groups is 1. The molecule has 0 saturated heterocycles. The second kappa shape index (κ2) is 7.28. The van der Waals surface area contributed by atoms with Gasteiger partial charge in [-0.2, -0.15) is 0 Å². The molecule has 2 nitrogen and oxygen atoms in total. The predicted molar refractivity (Wildman–Crippen MR) is 82.5 cm³/mol. The lowest BCUT2D eigenvalue weighted by molar-refractivity contribution is -0.159. The van der Waals surface area contributed by atoms with Gasteiger partial charge in [-0.05, 0) is 44.4 Å². The first kappa shape index (κ1) is 15.6. The van der Waals surface area contributed by atoms with Crippen LogP contribution in [0.1, 0.15) is 78.1 Å². The van der Waals surface area contributed by atoms with Crippen LogP contribution in [-0.2, 0) is 9.53 Å². The molecular weight excluding hydrogens is 248 g/mol. The molecule has 0 spiro atoms. The largest absolute Gasteiger partial charge is 0.462 e. The van der Waals surface area contributed by atoms with Crippen molar-refractivity contribution >= 4 is 5.97 Å². The van der Waals surface area contributed by atoms with Crippen LogP contribution < -0.4 is 0 Å². The van der Waals surface area contributed by atoms with E-state index < -0.39 is 0 Å². The second-order valence-corrected chi connectivity index (χ2v) is 6.68. The summed E-state index contributed by atoms with van der Waals surface area (Å²) in [5, 5.41) is 0. The van der Waals surface area contributed by atoms with Crippen LogP contribution in [0.2, 0.25) is 0 Å². The average Bonchev–Trinajstić information content (AvgIpc) is 3.06. The number of unbranched alkanes of at least 4 members (excludes halogenated alkanes) is 3. The van der Waals surface area contributed by atoms with Gasteiger partial charge in [0.2, 0.25) is 0 Å². The van der Waals surface area contributed by atoms with Gasteiger partial charge in [-0.1, -0.05) is 51.7 Å². The van der Waals surface area contributed by atoms with E-state index in [0.29, 0.717) is 5.92 Å². The van der Waals surface area contributed by atoms with Crippen molar-refractivity contribution in [2.75, 3.05) is 0 Å². The molecule has 0 amide bonds. The summed E-state index contributed by atoms with van der Waals surface area (Å²) in [6.07, 6.45) is 15.7. The maximum absolute atomic E-state index is 12.6. The Hall–Kier alpha value is -0.790. The van der Waals surface area contributed by atoms with Gasteiger partial charge in [-0.25, -0.2) is 0 Å². The fraction of sp³-hybridized carbons (Fsp3) is 0.833. The van der Waals surface area contributed by atoms with Crippen LogP contribution in [0.3, 0.4) is 0 Å². The molecule has 20 heavy (non-hydrogen) atoms. The smallest absolute Gasteiger partial charge is 0.316 e. The van der Waals surface area contributed by atoms with Crippen molar-refractivity contribution in [2.45, 2.75) is 84.2 Å². The molecular formula is C18H30O2. The van der Waals surface area contributed by atoms with Crippen LogP contribution in [0.5, 0.6) is 0 Å². The summed E-state index contributed by atoms with van der Waals surface area (Å²) in [6, 6.07) is 0. The first-order chi connectivity index (χ1) is 9.70. The molecule has 0 aromatic rings. The van der Waals surface area contributed by atoms with E-state index in [4.69, 9.17) is 4.74 Å². The van der Waals surface area contributed by atoms with Crippen LogP contribution in [0.15, 0.2) is 12.2 Å². The van der Waals surface area contributed by atoms with Gasteiger partial charge in [0.25, 0.3) is 0 Å². The van der Waals surface area contributed by atoms with Crippen molar-refractivity contribution < 1.29 is 9.53 Å². The molecule has 114 valence electrons. The van der Waals surface area contributed by atoms with Gasteiger partial charge in [0.1, 0.15) is 6.10 Å². The minimum Gasteiger partial charge on any atom is -0.462 e. The molecule has 0 aliphatic heterocycles. The van der Waals surface area contributed by atoms with E-state index in [9.17, 15) is 4.79 Å². The monoisotopic (exact) mass is 278 g/mol. The van der Waals surface area contributed by atoms with Gasteiger partial charge < -0.3 is 4.74 Å². The molecule has 3 atom stereocenters. The van der Waals surface area contributed by atoms with E-state index >= 15 is 0 Å². The third kappa shape index (κ3) is 3.65. The Labute approximate surface area is 124 Å². The van der Waals surface area contributed by atoms with Crippen LogP contribution in [-0.4, -0.2) is 12.1 Å². The fourth-order valence-corrected chi connectivity index (χ4v) is 3.59. The van der Waals surface area contributed by atoms with Gasteiger partial charge in [0.05, 0.1) is 5.41 Å². The van der Waals surface area contributed by atoms with Crippen LogP contribution in [0, 0.1) is 11.3 Å². The molecule has 2 bridgehead atoms. The number of rotatable bonds is 9. The summed E-state index contributed by atoms with van der Waals surface area (Å²) >= 11 is 0. The third-order valence-corrected chi connectivity index (χ3v) is 4.96. The van der Waals surface area contributed by atoms with Crippen molar-refractivity contribution in [3.8, 4) is 0 Å². The van der Waals surface area contributed by atoms with Crippen molar-refractivity contribution in [3.05, 3.63) is 12.2 Å². The number of carbonyl (C=O) groups excluding carboxylic acids is 1. The van der Waals surface area contributed by atoms with Gasteiger partial charge in [0.15, 0.2) is 0 Å². The normalized spacial score (nSPS) is 28.8. The molecule has 0 heterocycles. The summed E-state index contributed by atoms with van der Waals surface area (Å²) in [7, 11) is 0. The molecule has 2 aliphatic rings. The fourth-order valence-electron chi connectivity index (χ4n) is 3.59. The summed E-state index contributed by atoms with van der Waals surface area (Å²) in [4.78, 5) is 12.6. The Morgan fingerprint density at radius 3 is 2.55 bits per heavy atom. The predicted octanol–water partition coefficient (Wildman–Crippen LogP) is 5.03. The zero-order valence-electron chi connectivity index (χ0n) is 13.2. The Morgan fingerprint density at radius 1 is 1.25 bits per heavy atom. The van der Waals surface area contributed by atoms with E-state index in [1.807, 2.05) is 0 Å². The van der Waals surface area contributed by atoms with Crippen molar-refractivity contribution in [3.63, 3.8) is 0 Å². The van der Waals surface area contributed by atoms with E-state index in [1.54, 1.807) is 0 Å². The van der Waals surface area contributed by atoms with E-state index in [0.717, 1.165) is 32.1 Å². The number of fused-ring (bicyclic) bond motifs is 2. The van der Waals surface area contributed by atoms with Crippen LogP contribution in [0.25, 0.3) is 0 Å². The zero-order valence-corrected chi connectivity index (χ0v) is 13.2. The number of esters is 1. The number of hydrogen-bond acceptors (Lipinski definition) is 2. The molecule has 2 rings (SSSR count). The maximum atomic E-state index is 12.6. The standard InChI is InChI=1S/C18H30O2/c1-3-5-7-9-16(8-6-4-2)20-17(19)18-12-10-15(14-18)11-13-18/h10,12,15-16H,3-9,11,13-14H2,1-2H3. The highest BCUT2D eigenvalue weighted by Crippen LogP contribution is 2.50. The Morgan fingerprint density at radius 2 is 2.00 bits per heavy atom. The van der Waals surface area contributed by atoms with Crippen molar-refractivity contribution in [2.24, 2.45) is 11.3 Å². The lowest BCUT2D eigenvalue weighted by Crippen LogP contribution is -2.31. The number of allylic oxidation sites excluding steroid dienone is 1. The molecule has 2 aliphatic carbocycles. The van der Waals surface area contributed by atoms with Crippen molar-refractivity contribution in [1.82, 2.24) is 0 Å². The molecule has 0 aromatic heterocycles. The summed E-state index contributed by atoms with van der Waals surface area (Å²) in [6.45, 7) is 4.42. The van der Waals surface area contributed by atoms with Crippen LogP contribution >= 0.6 is 0 Å². The Balaban J connectivity index is 1.85. The molecule has 0 N–H and O–H groups in total. The highest BCUT2D eigenvalue weighted by atomic mass is 16.5. The van der Waals surface area contributed by atoms with Gasteiger partial charge >= 0.3 is 5.97 Å². The van der Waals surface area contributed by atoms with Crippen molar-refractivity contribution in [1.29, 1.82) is 0 Å². The lowest BCUT2D eigenvalue weighted by atomic mass is 9.88. The van der Waals surface area contributed by atoms with Crippen LogP contribution in [0.4, 0.5) is 0 Å². The SMILES string of the molecule is CCCCCC(CCCC)OC(=O)C12C=CC(CC1)C2. The minimum absolute atomic E-state index is 0.0614. The Bertz CT molecular complexity index is 347. The topological polar surface area (TPSA) is 26.3 Å². The van der Waals surface area contributed by atoms with E-state index in [2.05, 4.69) is 26.0 Å². The van der Waals surface area contributed by atoms with Gasteiger partial charge in [0, 0.05) is 0 Å². The maximum Gasteiger partial charge on any atom is 0.316 e. The second-order valence-electron chi connectivity index (χ2n) is 6.68. The highest BCUT2D eigenvalue weighted by Gasteiger charge is 2.48. The van der Waals surface area contributed by atoms with E-state index in [1.165, 1.54) is 32.1 Å². The first-order valence-corrected chi connectivity index (χ1v) is 8.60. The molecule has 3 unspecified atom stereocenters. The average molecular weight is 278 g/mol. The summed E-state index contributed by atoms with van der Waals surface area (Å²) in [5.74, 6) is 0.697. The molecule has 0 aromatic carbocycles. The minimum atomic E-state index is -0.250. The molecule has 1 saturated carbocycles. The quantitative estimate of drug-likeness (QED) is 0.336.